The molecule has 1 aliphatic carbocycles. The predicted molar refractivity (Wildman–Crippen MR) is 77.9 cm³/mol. The van der Waals surface area contributed by atoms with Gasteiger partial charge in [0.25, 0.3) is 0 Å². The highest BCUT2D eigenvalue weighted by Crippen LogP contribution is 2.37. The molecule has 100 valence electrons. The van der Waals surface area contributed by atoms with Crippen molar-refractivity contribution in [2.75, 3.05) is 7.05 Å². The highest BCUT2D eigenvalue weighted by atomic mass is 35.5. The van der Waals surface area contributed by atoms with Crippen molar-refractivity contribution < 1.29 is 4.21 Å². The Kier molecular flexibility index (Phi) is 4.70. The average Bonchev–Trinajstić information content (AvgIpc) is 2.70. The molecule has 0 heterocycles. The summed E-state index contributed by atoms with van der Waals surface area (Å²) in [5, 5.41) is 4.41. The lowest BCUT2D eigenvalue weighted by atomic mass is 10.1. The summed E-state index contributed by atoms with van der Waals surface area (Å²) in [6.45, 7) is 2.14. The van der Waals surface area contributed by atoms with E-state index in [1.54, 1.807) is 18.2 Å². The van der Waals surface area contributed by atoms with E-state index >= 15 is 0 Å². The lowest BCUT2D eigenvalue weighted by molar-refractivity contribution is 0.460. The van der Waals surface area contributed by atoms with Gasteiger partial charge in [-0.25, -0.2) is 0 Å². The zero-order valence-corrected chi connectivity index (χ0v) is 12.8. The van der Waals surface area contributed by atoms with Gasteiger partial charge in [0.1, 0.15) is 0 Å². The number of rotatable bonds is 3. The van der Waals surface area contributed by atoms with Crippen molar-refractivity contribution in [1.82, 2.24) is 5.32 Å². The molecular weight excluding hydrogens is 289 g/mol. The molecule has 0 aromatic heterocycles. The Balaban J connectivity index is 2.27. The summed E-state index contributed by atoms with van der Waals surface area (Å²) < 4.78 is 12.7. The number of hydrogen-bond acceptors (Lipinski definition) is 2. The summed E-state index contributed by atoms with van der Waals surface area (Å²) in [6.07, 6.45) is 2.00. The second kappa shape index (κ2) is 5.91. The molecule has 1 aliphatic rings. The maximum absolute atomic E-state index is 12.7. The van der Waals surface area contributed by atoms with E-state index in [9.17, 15) is 4.21 Å². The van der Waals surface area contributed by atoms with Gasteiger partial charge >= 0.3 is 0 Å². The van der Waals surface area contributed by atoms with E-state index in [4.69, 9.17) is 23.2 Å². The van der Waals surface area contributed by atoms with Gasteiger partial charge in [0.05, 0.1) is 25.7 Å². The molecule has 2 nitrogen and oxygen atoms in total. The third kappa shape index (κ3) is 2.60. The number of hydrogen-bond donors (Lipinski definition) is 1. The van der Waals surface area contributed by atoms with Crippen LogP contribution in [0.25, 0.3) is 0 Å². The maximum atomic E-state index is 12.7. The topological polar surface area (TPSA) is 29.1 Å². The van der Waals surface area contributed by atoms with Crippen LogP contribution in [0.1, 0.15) is 19.8 Å². The van der Waals surface area contributed by atoms with Gasteiger partial charge in [-0.1, -0.05) is 36.2 Å². The lowest BCUT2D eigenvalue weighted by Gasteiger charge is -2.20. The van der Waals surface area contributed by atoms with Crippen molar-refractivity contribution in [3.8, 4) is 0 Å². The fraction of sp³-hybridized carbons (Fsp3) is 0.538. The first-order chi connectivity index (χ1) is 8.56. The second-order valence-electron chi connectivity index (χ2n) is 4.72. The van der Waals surface area contributed by atoms with Gasteiger partial charge in [-0.2, -0.15) is 0 Å². The average molecular weight is 306 g/mol. The van der Waals surface area contributed by atoms with Crippen LogP contribution < -0.4 is 5.32 Å². The first-order valence-corrected chi connectivity index (χ1v) is 8.05. The Morgan fingerprint density at radius 3 is 2.39 bits per heavy atom. The van der Waals surface area contributed by atoms with Crippen LogP contribution in [0.4, 0.5) is 0 Å². The monoisotopic (exact) mass is 305 g/mol. The molecule has 0 bridgehead atoms. The number of benzene rings is 1. The standard InChI is InChI=1S/C13H17Cl2NOS/c1-8-11(16-2)6-7-12(8)18(17)13-9(14)4-3-5-10(13)15/h3-5,8,11-12,16H,6-7H2,1-2H3. The zero-order chi connectivity index (χ0) is 13.3. The molecule has 1 aromatic carbocycles. The lowest BCUT2D eigenvalue weighted by Crippen LogP contribution is -2.32. The molecule has 1 saturated carbocycles. The molecule has 1 fully saturated rings. The van der Waals surface area contributed by atoms with Crippen molar-refractivity contribution in [1.29, 1.82) is 0 Å². The largest absolute Gasteiger partial charge is 0.317 e. The molecular formula is C13H17Cl2NOS. The first-order valence-electron chi connectivity index (χ1n) is 6.08. The summed E-state index contributed by atoms with van der Waals surface area (Å²) in [5.74, 6) is 0.364. The molecule has 0 aliphatic heterocycles. The molecule has 1 N–H and O–H groups in total. The molecule has 4 atom stereocenters. The molecule has 0 radical (unpaired) electrons. The van der Waals surface area contributed by atoms with Crippen molar-refractivity contribution in [2.45, 2.75) is 36.0 Å². The Labute approximate surface area is 121 Å². The van der Waals surface area contributed by atoms with E-state index in [0.717, 1.165) is 12.8 Å². The molecule has 0 spiro atoms. The van der Waals surface area contributed by atoms with E-state index < -0.39 is 10.8 Å². The van der Waals surface area contributed by atoms with Crippen LogP contribution in [0.2, 0.25) is 10.0 Å². The summed E-state index contributed by atoms with van der Waals surface area (Å²) in [6, 6.07) is 5.70. The third-order valence-corrected chi connectivity index (χ3v) is 6.66. The summed E-state index contributed by atoms with van der Waals surface area (Å²) in [4.78, 5) is 0.592. The van der Waals surface area contributed by atoms with Crippen LogP contribution in [0.5, 0.6) is 0 Å². The Bertz CT molecular complexity index is 446. The molecule has 4 unspecified atom stereocenters. The van der Waals surface area contributed by atoms with Crippen LogP contribution in [0.15, 0.2) is 23.1 Å². The fourth-order valence-electron chi connectivity index (χ4n) is 2.66. The van der Waals surface area contributed by atoms with Gasteiger partial charge in [-0.3, -0.25) is 4.21 Å². The molecule has 0 saturated heterocycles. The van der Waals surface area contributed by atoms with E-state index in [2.05, 4.69) is 12.2 Å². The quantitative estimate of drug-likeness (QED) is 0.926. The van der Waals surface area contributed by atoms with Crippen LogP contribution in [-0.4, -0.2) is 22.5 Å². The van der Waals surface area contributed by atoms with Crippen molar-refractivity contribution >= 4 is 34.0 Å². The second-order valence-corrected chi connectivity index (χ2v) is 7.14. The smallest absolute Gasteiger partial charge is 0.0763 e. The fourth-order valence-corrected chi connectivity index (χ4v) is 5.27. The Morgan fingerprint density at radius 2 is 1.89 bits per heavy atom. The van der Waals surface area contributed by atoms with Crippen LogP contribution in [0, 0.1) is 5.92 Å². The molecule has 5 heteroatoms. The van der Waals surface area contributed by atoms with Gasteiger partial charge in [0.15, 0.2) is 0 Å². The highest BCUT2D eigenvalue weighted by Gasteiger charge is 2.37. The highest BCUT2D eigenvalue weighted by molar-refractivity contribution is 7.86. The van der Waals surface area contributed by atoms with Gasteiger partial charge in [0, 0.05) is 11.3 Å². The molecule has 1 aromatic rings. The van der Waals surface area contributed by atoms with Crippen molar-refractivity contribution in [3.05, 3.63) is 28.2 Å². The Morgan fingerprint density at radius 1 is 1.28 bits per heavy atom. The minimum Gasteiger partial charge on any atom is -0.317 e. The SMILES string of the molecule is CNC1CCC(S(=O)c2c(Cl)cccc2Cl)C1C. The summed E-state index contributed by atoms with van der Waals surface area (Å²) in [7, 11) is 0.815. The number of nitrogens with one attached hydrogen (secondary N) is 1. The van der Waals surface area contributed by atoms with Gasteiger partial charge < -0.3 is 5.32 Å². The van der Waals surface area contributed by atoms with Crippen LogP contribution in [0.3, 0.4) is 0 Å². The normalized spacial score (nSPS) is 29.4. The predicted octanol–water partition coefficient (Wildman–Crippen LogP) is 3.49. The first kappa shape index (κ1) is 14.3. The number of halogens is 2. The van der Waals surface area contributed by atoms with Gasteiger partial charge in [-0.05, 0) is 37.9 Å². The van der Waals surface area contributed by atoms with Gasteiger partial charge in [-0.15, -0.1) is 0 Å². The van der Waals surface area contributed by atoms with E-state index in [1.165, 1.54) is 0 Å². The van der Waals surface area contributed by atoms with Crippen molar-refractivity contribution in [2.24, 2.45) is 5.92 Å². The third-order valence-electron chi connectivity index (χ3n) is 3.75. The Hall–Kier alpha value is -0.0900. The van der Waals surface area contributed by atoms with Crippen molar-refractivity contribution in [3.63, 3.8) is 0 Å². The minimum atomic E-state index is -1.14. The summed E-state index contributed by atoms with van der Waals surface area (Å²) in [5.41, 5.74) is 0. The molecule has 2 rings (SSSR count). The zero-order valence-electron chi connectivity index (χ0n) is 10.5. The van der Waals surface area contributed by atoms with Crippen LogP contribution in [-0.2, 0) is 10.8 Å². The van der Waals surface area contributed by atoms with Gasteiger partial charge in [0.2, 0.25) is 0 Å². The maximum Gasteiger partial charge on any atom is 0.0763 e. The molecule has 18 heavy (non-hydrogen) atoms. The van der Waals surface area contributed by atoms with E-state index in [1.807, 2.05) is 7.05 Å². The minimum absolute atomic E-state index is 0.125. The van der Waals surface area contributed by atoms with E-state index in [0.29, 0.717) is 26.9 Å². The van der Waals surface area contributed by atoms with E-state index in [-0.39, 0.29) is 5.25 Å². The summed E-state index contributed by atoms with van der Waals surface area (Å²) >= 11 is 12.3. The van der Waals surface area contributed by atoms with Crippen LogP contribution >= 0.6 is 23.2 Å². The molecule has 0 amide bonds.